The van der Waals surface area contributed by atoms with Gasteiger partial charge in [-0.05, 0) is 43.6 Å². The summed E-state index contributed by atoms with van der Waals surface area (Å²) in [6, 6.07) is 0. The SMILES string of the molecule is CCCC(C)(C)C1CCC2(CC1)OCC(CCNCCOC)O2. The van der Waals surface area contributed by atoms with Gasteiger partial charge in [0.1, 0.15) is 0 Å². The van der Waals surface area contributed by atoms with E-state index in [0.717, 1.165) is 51.5 Å². The Balaban J connectivity index is 1.70. The van der Waals surface area contributed by atoms with Gasteiger partial charge in [0, 0.05) is 26.5 Å². The van der Waals surface area contributed by atoms with Crippen molar-refractivity contribution in [2.24, 2.45) is 11.3 Å². The number of ether oxygens (including phenoxy) is 3. The van der Waals surface area contributed by atoms with Crippen LogP contribution in [0.2, 0.25) is 0 Å². The Bertz CT molecular complexity index is 338. The number of nitrogens with one attached hydrogen (secondary N) is 1. The first kappa shape index (κ1) is 19.2. The van der Waals surface area contributed by atoms with Crippen LogP contribution in [0.1, 0.15) is 65.7 Å². The maximum atomic E-state index is 6.32. The molecule has 4 nitrogen and oxygen atoms in total. The van der Waals surface area contributed by atoms with Crippen molar-refractivity contribution < 1.29 is 14.2 Å². The third-order valence-electron chi connectivity index (χ3n) is 5.79. The lowest BCUT2D eigenvalue weighted by Gasteiger charge is -2.42. The summed E-state index contributed by atoms with van der Waals surface area (Å²) in [5.41, 5.74) is 0.458. The van der Waals surface area contributed by atoms with Crippen LogP contribution in [0.15, 0.2) is 0 Å². The van der Waals surface area contributed by atoms with Crippen molar-refractivity contribution in [1.29, 1.82) is 0 Å². The molecule has 1 saturated heterocycles. The van der Waals surface area contributed by atoms with Crippen LogP contribution >= 0.6 is 0 Å². The maximum Gasteiger partial charge on any atom is 0.168 e. The Hall–Kier alpha value is -0.160. The quantitative estimate of drug-likeness (QED) is 0.655. The van der Waals surface area contributed by atoms with Crippen LogP contribution in [0.4, 0.5) is 0 Å². The van der Waals surface area contributed by atoms with Gasteiger partial charge in [-0.1, -0.05) is 27.2 Å². The Morgan fingerprint density at radius 2 is 1.96 bits per heavy atom. The van der Waals surface area contributed by atoms with Crippen LogP contribution in [-0.2, 0) is 14.2 Å². The Kier molecular flexibility index (Phi) is 7.33. The van der Waals surface area contributed by atoms with Crippen LogP contribution in [-0.4, -0.2) is 45.3 Å². The molecule has 1 aliphatic heterocycles. The minimum absolute atomic E-state index is 0.255. The summed E-state index contributed by atoms with van der Waals surface area (Å²) in [7, 11) is 1.73. The van der Waals surface area contributed by atoms with Crippen molar-refractivity contribution in [2.45, 2.75) is 77.6 Å². The molecule has 2 aliphatic rings. The Labute approximate surface area is 142 Å². The summed E-state index contributed by atoms with van der Waals surface area (Å²) in [5, 5.41) is 3.38. The standard InChI is InChI=1S/C19H37NO3/c1-5-9-18(2,3)16-6-10-19(11-7-16)22-15-17(23-19)8-12-20-13-14-21-4/h16-17,20H,5-15H2,1-4H3. The molecule has 1 aliphatic carbocycles. The fourth-order valence-electron chi connectivity index (χ4n) is 4.27. The average molecular weight is 328 g/mol. The molecule has 0 aromatic heterocycles. The van der Waals surface area contributed by atoms with Gasteiger partial charge >= 0.3 is 0 Å². The third-order valence-corrected chi connectivity index (χ3v) is 5.79. The molecular weight excluding hydrogens is 290 g/mol. The first-order valence-corrected chi connectivity index (χ1v) is 9.53. The van der Waals surface area contributed by atoms with E-state index in [1.165, 1.54) is 25.7 Å². The second-order valence-electron chi connectivity index (χ2n) is 8.01. The molecule has 2 rings (SSSR count). The Morgan fingerprint density at radius 3 is 2.61 bits per heavy atom. The van der Waals surface area contributed by atoms with E-state index in [0.29, 0.717) is 5.41 Å². The first-order valence-electron chi connectivity index (χ1n) is 9.53. The van der Waals surface area contributed by atoms with E-state index < -0.39 is 0 Å². The van der Waals surface area contributed by atoms with Gasteiger partial charge in [-0.2, -0.15) is 0 Å². The predicted octanol–water partition coefficient (Wildman–Crippen LogP) is 3.74. The van der Waals surface area contributed by atoms with Crippen molar-refractivity contribution in [3.63, 3.8) is 0 Å². The van der Waals surface area contributed by atoms with E-state index in [-0.39, 0.29) is 11.9 Å². The molecule has 23 heavy (non-hydrogen) atoms. The maximum absolute atomic E-state index is 6.32. The smallest absolute Gasteiger partial charge is 0.168 e. The van der Waals surface area contributed by atoms with E-state index in [1.807, 2.05) is 0 Å². The normalized spacial score (nSPS) is 31.8. The molecule has 136 valence electrons. The molecule has 1 heterocycles. The van der Waals surface area contributed by atoms with Crippen molar-refractivity contribution in [3.8, 4) is 0 Å². The lowest BCUT2D eigenvalue weighted by Crippen LogP contribution is -2.39. The van der Waals surface area contributed by atoms with Crippen molar-refractivity contribution in [1.82, 2.24) is 5.32 Å². The van der Waals surface area contributed by atoms with Gasteiger partial charge in [-0.15, -0.1) is 0 Å². The molecule has 0 radical (unpaired) electrons. The number of methoxy groups -OCH3 is 1. The summed E-state index contributed by atoms with van der Waals surface area (Å²) < 4.78 is 17.5. The van der Waals surface area contributed by atoms with Crippen LogP contribution in [0.5, 0.6) is 0 Å². The molecule has 0 aromatic rings. The molecule has 0 aromatic carbocycles. The topological polar surface area (TPSA) is 39.7 Å². The molecule has 1 atom stereocenters. The Morgan fingerprint density at radius 1 is 1.22 bits per heavy atom. The number of rotatable bonds is 9. The lowest BCUT2D eigenvalue weighted by atomic mass is 9.68. The van der Waals surface area contributed by atoms with Crippen LogP contribution in [0.25, 0.3) is 0 Å². The van der Waals surface area contributed by atoms with Crippen molar-refractivity contribution in [3.05, 3.63) is 0 Å². The fraction of sp³-hybridized carbons (Fsp3) is 1.00. The zero-order chi connectivity index (χ0) is 16.8. The lowest BCUT2D eigenvalue weighted by molar-refractivity contribution is -0.197. The highest BCUT2D eigenvalue weighted by Gasteiger charge is 2.46. The van der Waals surface area contributed by atoms with Gasteiger partial charge in [0.15, 0.2) is 5.79 Å². The summed E-state index contributed by atoms with van der Waals surface area (Å²) in [6.07, 6.45) is 8.50. The van der Waals surface area contributed by atoms with Crippen molar-refractivity contribution in [2.75, 3.05) is 33.4 Å². The highest BCUT2D eigenvalue weighted by Crippen LogP contribution is 2.47. The molecule has 1 unspecified atom stereocenters. The first-order chi connectivity index (χ1) is 11.0. The summed E-state index contributed by atoms with van der Waals surface area (Å²) in [6.45, 7) is 10.6. The number of hydrogen-bond donors (Lipinski definition) is 1. The fourth-order valence-corrected chi connectivity index (χ4v) is 4.27. The molecule has 2 fully saturated rings. The van der Waals surface area contributed by atoms with E-state index in [4.69, 9.17) is 14.2 Å². The molecule has 4 heteroatoms. The van der Waals surface area contributed by atoms with Gasteiger partial charge in [-0.25, -0.2) is 0 Å². The predicted molar refractivity (Wildman–Crippen MR) is 93.6 cm³/mol. The van der Waals surface area contributed by atoms with Gasteiger partial charge in [0.05, 0.1) is 19.3 Å². The average Bonchev–Trinajstić information content (AvgIpc) is 2.90. The van der Waals surface area contributed by atoms with Crippen LogP contribution in [0.3, 0.4) is 0 Å². The zero-order valence-electron chi connectivity index (χ0n) is 15.7. The molecular formula is C19H37NO3. The van der Waals surface area contributed by atoms with Gasteiger partial charge < -0.3 is 19.5 Å². The molecule has 1 N–H and O–H groups in total. The summed E-state index contributed by atoms with van der Waals surface area (Å²) in [5.74, 6) is 0.547. The molecule has 1 spiro atoms. The largest absolute Gasteiger partial charge is 0.383 e. The van der Waals surface area contributed by atoms with Gasteiger partial charge in [0.25, 0.3) is 0 Å². The van der Waals surface area contributed by atoms with E-state index >= 15 is 0 Å². The number of hydrogen-bond acceptors (Lipinski definition) is 4. The summed E-state index contributed by atoms with van der Waals surface area (Å²) >= 11 is 0. The van der Waals surface area contributed by atoms with E-state index in [9.17, 15) is 0 Å². The molecule has 0 bridgehead atoms. The second kappa shape index (κ2) is 8.80. The monoisotopic (exact) mass is 327 g/mol. The summed E-state index contributed by atoms with van der Waals surface area (Å²) in [4.78, 5) is 0. The second-order valence-corrected chi connectivity index (χ2v) is 8.01. The highest BCUT2D eigenvalue weighted by atomic mass is 16.7. The van der Waals surface area contributed by atoms with Crippen molar-refractivity contribution >= 4 is 0 Å². The van der Waals surface area contributed by atoms with Gasteiger partial charge in [0.2, 0.25) is 0 Å². The molecule has 0 amide bonds. The minimum atomic E-state index is -0.268. The highest BCUT2D eigenvalue weighted by molar-refractivity contribution is 4.90. The van der Waals surface area contributed by atoms with Crippen LogP contribution in [0, 0.1) is 11.3 Å². The van der Waals surface area contributed by atoms with E-state index in [2.05, 4.69) is 26.1 Å². The van der Waals surface area contributed by atoms with Crippen LogP contribution < -0.4 is 5.32 Å². The zero-order valence-corrected chi connectivity index (χ0v) is 15.7. The molecule has 1 saturated carbocycles. The minimum Gasteiger partial charge on any atom is -0.383 e. The van der Waals surface area contributed by atoms with Gasteiger partial charge in [-0.3, -0.25) is 0 Å². The third kappa shape index (κ3) is 5.42. The van der Waals surface area contributed by atoms with E-state index in [1.54, 1.807) is 7.11 Å².